The van der Waals surface area contributed by atoms with Crippen molar-refractivity contribution >= 4 is 0 Å². The van der Waals surface area contributed by atoms with Gasteiger partial charge in [-0.2, -0.15) is 0 Å². The lowest BCUT2D eigenvalue weighted by Crippen LogP contribution is -2.52. The Bertz CT molecular complexity index is 128. The van der Waals surface area contributed by atoms with Crippen LogP contribution in [-0.4, -0.2) is 43.8 Å². The normalized spacial score (nSPS) is 23.1. The highest BCUT2D eigenvalue weighted by atomic mass is 16.5. The Morgan fingerprint density at radius 2 is 2.31 bits per heavy atom. The summed E-state index contributed by atoms with van der Waals surface area (Å²) in [4.78, 5) is 2.41. The van der Waals surface area contributed by atoms with Crippen molar-refractivity contribution in [3.8, 4) is 0 Å². The van der Waals surface area contributed by atoms with Gasteiger partial charge in [0.15, 0.2) is 0 Å². The van der Waals surface area contributed by atoms with E-state index in [4.69, 9.17) is 10.5 Å². The van der Waals surface area contributed by atoms with Crippen molar-refractivity contribution in [2.75, 3.05) is 32.8 Å². The fourth-order valence-electron chi connectivity index (χ4n) is 1.59. The Labute approximate surface area is 81.2 Å². The number of nitrogens with two attached hydrogens (primary N) is 1. The molecule has 2 N–H and O–H groups in total. The van der Waals surface area contributed by atoms with Crippen LogP contribution in [0.5, 0.6) is 0 Å². The van der Waals surface area contributed by atoms with Crippen molar-refractivity contribution in [2.45, 2.75) is 32.2 Å². The highest BCUT2D eigenvalue weighted by molar-refractivity contribution is 4.82. The second kappa shape index (κ2) is 6.35. The quantitative estimate of drug-likeness (QED) is 0.599. The standard InChI is InChI=1S/C10H22N2O/c1-2-3-7-13-8-6-12-5-4-10(12)9-11/h10H,2-9,11H2,1H3. The Kier molecular flexibility index (Phi) is 5.35. The van der Waals surface area contributed by atoms with Gasteiger partial charge in [0.1, 0.15) is 0 Å². The van der Waals surface area contributed by atoms with Gasteiger partial charge < -0.3 is 10.5 Å². The summed E-state index contributed by atoms with van der Waals surface area (Å²) in [6.45, 7) is 7.04. The van der Waals surface area contributed by atoms with E-state index in [-0.39, 0.29) is 0 Å². The van der Waals surface area contributed by atoms with E-state index in [0.29, 0.717) is 6.04 Å². The van der Waals surface area contributed by atoms with Crippen molar-refractivity contribution in [1.29, 1.82) is 0 Å². The molecule has 78 valence electrons. The van der Waals surface area contributed by atoms with Crippen LogP contribution in [0.4, 0.5) is 0 Å². The molecule has 0 amide bonds. The number of hydrogen-bond acceptors (Lipinski definition) is 3. The molecule has 1 saturated heterocycles. The van der Waals surface area contributed by atoms with Gasteiger partial charge in [-0.1, -0.05) is 13.3 Å². The zero-order valence-corrected chi connectivity index (χ0v) is 8.67. The maximum absolute atomic E-state index is 5.59. The molecular weight excluding hydrogens is 164 g/mol. The predicted molar refractivity (Wildman–Crippen MR) is 54.8 cm³/mol. The summed E-state index contributed by atoms with van der Waals surface area (Å²) < 4.78 is 5.49. The number of nitrogens with zero attached hydrogens (tertiary/aromatic N) is 1. The second-order valence-corrected chi connectivity index (χ2v) is 3.68. The molecule has 1 heterocycles. The van der Waals surface area contributed by atoms with E-state index in [1.807, 2.05) is 0 Å². The number of hydrogen-bond donors (Lipinski definition) is 1. The third-order valence-corrected chi connectivity index (χ3v) is 2.70. The van der Waals surface area contributed by atoms with Gasteiger partial charge >= 0.3 is 0 Å². The van der Waals surface area contributed by atoms with Crippen molar-refractivity contribution in [3.63, 3.8) is 0 Å². The van der Waals surface area contributed by atoms with E-state index in [0.717, 1.165) is 26.3 Å². The third kappa shape index (κ3) is 3.63. The molecule has 0 aromatic carbocycles. The van der Waals surface area contributed by atoms with Gasteiger partial charge in [-0.25, -0.2) is 0 Å². The topological polar surface area (TPSA) is 38.5 Å². The van der Waals surface area contributed by atoms with Crippen LogP contribution in [0.1, 0.15) is 26.2 Å². The van der Waals surface area contributed by atoms with E-state index < -0.39 is 0 Å². The van der Waals surface area contributed by atoms with E-state index in [9.17, 15) is 0 Å². The molecule has 0 radical (unpaired) electrons. The van der Waals surface area contributed by atoms with Crippen LogP contribution in [0.3, 0.4) is 0 Å². The van der Waals surface area contributed by atoms with Gasteiger partial charge in [0.05, 0.1) is 6.61 Å². The van der Waals surface area contributed by atoms with Gasteiger partial charge in [0.2, 0.25) is 0 Å². The zero-order chi connectivity index (χ0) is 9.52. The van der Waals surface area contributed by atoms with Gasteiger partial charge in [-0.05, 0) is 12.8 Å². The van der Waals surface area contributed by atoms with E-state index >= 15 is 0 Å². The number of rotatable bonds is 7. The molecule has 0 spiro atoms. The summed E-state index contributed by atoms with van der Waals surface area (Å²) >= 11 is 0. The van der Waals surface area contributed by atoms with E-state index in [1.54, 1.807) is 0 Å². The molecule has 0 bridgehead atoms. The Hall–Kier alpha value is -0.120. The minimum Gasteiger partial charge on any atom is -0.380 e. The van der Waals surface area contributed by atoms with Crippen LogP contribution >= 0.6 is 0 Å². The lowest BCUT2D eigenvalue weighted by Gasteiger charge is -2.40. The Morgan fingerprint density at radius 1 is 1.46 bits per heavy atom. The molecule has 0 aromatic heterocycles. The number of unbranched alkanes of at least 4 members (excludes halogenated alkanes) is 1. The molecule has 13 heavy (non-hydrogen) atoms. The Morgan fingerprint density at radius 3 is 2.85 bits per heavy atom. The number of likely N-dealkylation sites (tertiary alicyclic amines) is 1. The molecule has 1 aliphatic heterocycles. The van der Waals surface area contributed by atoms with Crippen LogP contribution in [0.2, 0.25) is 0 Å². The molecule has 0 saturated carbocycles. The first kappa shape index (κ1) is 11.0. The van der Waals surface area contributed by atoms with Gasteiger partial charge in [0.25, 0.3) is 0 Å². The second-order valence-electron chi connectivity index (χ2n) is 3.68. The monoisotopic (exact) mass is 186 g/mol. The summed E-state index contributed by atoms with van der Waals surface area (Å²) in [5.74, 6) is 0. The van der Waals surface area contributed by atoms with Crippen LogP contribution in [0.15, 0.2) is 0 Å². The summed E-state index contributed by atoms with van der Waals surface area (Å²) in [6.07, 6.45) is 3.67. The summed E-state index contributed by atoms with van der Waals surface area (Å²) in [7, 11) is 0. The van der Waals surface area contributed by atoms with Crippen molar-refractivity contribution in [3.05, 3.63) is 0 Å². The molecule has 3 heteroatoms. The number of ether oxygens (including phenoxy) is 1. The zero-order valence-electron chi connectivity index (χ0n) is 8.67. The molecule has 1 atom stereocenters. The molecule has 3 nitrogen and oxygen atoms in total. The SMILES string of the molecule is CCCCOCCN1CCC1CN. The van der Waals surface area contributed by atoms with E-state index in [1.165, 1.54) is 25.8 Å². The van der Waals surface area contributed by atoms with Crippen LogP contribution in [-0.2, 0) is 4.74 Å². The maximum atomic E-state index is 5.59. The summed E-state index contributed by atoms with van der Waals surface area (Å²) in [5.41, 5.74) is 5.59. The molecule has 0 aliphatic carbocycles. The molecule has 0 aromatic rings. The van der Waals surface area contributed by atoms with Crippen LogP contribution in [0, 0.1) is 0 Å². The van der Waals surface area contributed by atoms with Gasteiger partial charge in [0, 0.05) is 32.3 Å². The fourth-order valence-corrected chi connectivity index (χ4v) is 1.59. The molecule has 1 unspecified atom stereocenters. The summed E-state index contributed by atoms with van der Waals surface area (Å²) in [6, 6.07) is 0.634. The minimum atomic E-state index is 0.634. The average Bonchev–Trinajstić information content (AvgIpc) is 2.10. The maximum Gasteiger partial charge on any atom is 0.0593 e. The lowest BCUT2D eigenvalue weighted by atomic mass is 10.0. The molecular formula is C10H22N2O. The van der Waals surface area contributed by atoms with Crippen LogP contribution in [0.25, 0.3) is 0 Å². The Balaban J connectivity index is 1.88. The highest BCUT2D eigenvalue weighted by Gasteiger charge is 2.25. The fraction of sp³-hybridized carbons (Fsp3) is 1.00. The van der Waals surface area contributed by atoms with Gasteiger partial charge in [-0.15, -0.1) is 0 Å². The van der Waals surface area contributed by atoms with Gasteiger partial charge in [-0.3, -0.25) is 4.90 Å². The van der Waals surface area contributed by atoms with Crippen molar-refractivity contribution < 1.29 is 4.74 Å². The first-order valence-corrected chi connectivity index (χ1v) is 5.40. The third-order valence-electron chi connectivity index (χ3n) is 2.70. The largest absolute Gasteiger partial charge is 0.380 e. The highest BCUT2D eigenvalue weighted by Crippen LogP contribution is 2.14. The molecule has 1 rings (SSSR count). The predicted octanol–water partition coefficient (Wildman–Crippen LogP) is 0.836. The molecule has 1 fully saturated rings. The van der Waals surface area contributed by atoms with Crippen molar-refractivity contribution in [2.24, 2.45) is 5.73 Å². The lowest BCUT2D eigenvalue weighted by molar-refractivity contribution is 0.0433. The summed E-state index contributed by atoms with van der Waals surface area (Å²) in [5, 5.41) is 0. The smallest absolute Gasteiger partial charge is 0.0593 e. The molecule has 1 aliphatic rings. The minimum absolute atomic E-state index is 0.634. The average molecular weight is 186 g/mol. The van der Waals surface area contributed by atoms with Crippen LogP contribution < -0.4 is 5.73 Å². The first-order valence-electron chi connectivity index (χ1n) is 5.40. The van der Waals surface area contributed by atoms with E-state index in [2.05, 4.69) is 11.8 Å². The van der Waals surface area contributed by atoms with Crippen molar-refractivity contribution in [1.82, 2.24) is 4.90 Å². The first-order chi connectivity index (χ1) is 6.38.